The first-order valence-corrected chi connectivity index (χ1v) is 11.0. The zero-order valence-electron chi connectivity index (χ0n) is 17.1. The summed E-state index contributed by atoms with van der Waals surface area (Å²) in [6.45, 7) is 1.72. The van der Waals surface area contributed by atoms with Crippen molar-refractivity contribution in [3.05, 3.63) is 28.2 Å². The van der Waals surface area contributed by atoms with Gasteiger partial charge in [0.05, 0.1) is 21.2 Å². The molecule has 3 heterocycles. The predicted molar refractivity (Wildman–Crippen MR) is 113 cm³/mol. The third-order valence-electron chi connectivity index (χ3n) is 5.25. The molecule has 1 aliphatic carbocycles. The van der Waals surface area contributed by atoms with E-state index in [-0.39, 0.29) is 33.8 Å². The number of pyridine rings is 2. The molecule has 7 nitrogen and oxygen atoms in total. The van der Waals surface area contributed by atoms with Gasteiger partial charge >= 0.3 is 6.18 Å². The molecule has 1 fully saturated rings. The van der Waals surface area contributed by atoms with E-state index < -0.39 is 34.3 Å². The van der Waals surface area contributed by atoms with Crippen LogP contribution in [0.4, 0.5) is 19.0 Å². The van der Waals surface area contributed by atoms with Gasteiger partial charge in [0.2, 0.25) is 0 Å². The van der Waals surface area contributed by atoms with Gasteiger partial charge in [-0.3, -0.25) is 13.6 Å². The molecule has 1 saturated carbocycles. The Morgan fingerprint density at radius 3 is 2.52 bits per heavy atom. The van der Waals surface area contributed by atoms with Crippen LogP contribution in [0, 0.1) is 0 Å². The number of alkyl halides is 3. The number of halogens is 3. The Morgan fingerprint density at radius 2 is 1.97 bits per heavy atom. The standard InChI is InChI=1S/C19H19BF3N5O2S/c1-4-31(30)12-7-10(20)16(24-2)26-14(12)17-25-11-8-13(19(21,22)23)28(9-5-6-9)18(29)15(11)27(17)3/h7-9H,4-6H2,1-3H3,(H,24,26). The van der Waals surface area contributed by atoms with Crippen LogP contribution in [0.1, 0.15) is 31.5 Å². The van der Waals surface area contributed by atoms with Gasteiger partial charge in [0.15, 0.2) is 5.82 Å². The highest BCUT2D eigenvalue weighted by molar-refractivity contribution is 7.85. The highest BCUT2D eigenvalue weighted by Crippen LogP contribution is 2.40. The number of imidazole rings is 1. The SMILES string of the molecule is [B]c1cc(S(=O)CC)c(-c2nc3cc(C(F)(F)F)n(C4CC4)c(=O)c3n2C)nc1NC. The summed E-state index contributed by atoms with van der Waals surface area (Å²) < 4.78 is 55.8. The Morgan fingerprint density at radius 1 is 1.29 bits per heavy atom. The second kappa shape index (κ2) is 7.50. The lowest BCUT2D eigenvalue weighted by atomic mass is 9.96. The minimum atomic E-state index is -4.69. The Balaban J connectivity index is 2.05. The van der Waals surface area contributed by atoms with Crippen LogP contribution >= 0.6 is 0 Å². The van der Waals surface area contributed by atoms with E-state index in [0.29, 0.717) is 23.6 Å². The fourth-order valence-corrected chi connectivity index (χ4v) is 4.54. The number of nitrogens with zero attached hydrogens (tertiary/aromatic N) is 4. The Kier molecular flexibility index (Phi) is 5.23. The van der Waals surface area contributed by atoms with Crippen molar-refractivity contribution in [1.29, 1.82) is 0 Å². The first kappa shape index (κ1) is 21.6. The topological polar surface area (TPSA) is 81.8 Å². The van der Waals surface area contributed by atoms with Crippen molar-refractivity contribution in [2.24, 2.45) is 7.05 Å². The zero-order chi connectivity index (χ0) is 22.7. The molecule has 1 unspecified atom stereocenters. The maximum absolute atomic E-state index is 13.7. The molecule has 31 heavy (non-hydrogen) atoms. The Labute approximate surface area is 179 Å². The lowest BCUT2D eigenvalue weighted by Gasteiger charge is -2.15. The first-order chi connectivity index (χ1) is 14.6. The van der Waals surface area contributed by atoms with Crippen LogP contribution in [0.3, 0.4) is 0 Å². The van der Waals surface area contributed by atoms with E-state index in [1.54, 1.807) is 14.0 Å². The number of aryl methyl sites for hydroxylation is 1. The largest absolute Gasteiger partial charge is 0.431 e. The number of aromatic nitrogens is 4. The summed E-state index contributed by atoms with van der Waals surface area (Å²) in [5.41, 5.74) is -1.36. The zero-order valence-corrected chi connectivity index (χ0v) is 17.9. The molecular formula is C19H19BF3N5O2S. The van der Waals surface area contributed by atoms with E-state index in [0.717, 1.165) is 10.6 Å². The summed E-state index contributed by atoms with van der Waals surface area (Å²) in [5.74, 6) is 0.733. The van der Waals surface area contributed by atoms with Crippen LogP contribution in [-0.2, 0) is 24.0 Å². The van der Waals surface area contributed by atoms with E-state index >= 15 is 0 Å². The summed E-state index contributed by atoms with van der Waals surface area (Å²) in [7, 11) is 7.65. The molecule has 0 bridgehead atoms. The van der Waals surface area contributed by atoms with E-state index in [4.69, 9.17) is 7.85 Å². The highest BCUT2D eigenvalue weighted by Gasteiger charge is 2.40. The van der Waals surface area contributed by atoms with E-state index in [1.165, 1.54) is 17.7 Å². The fourth-order valence-electron chi connectivity index (χ4n) is 3.62. The van der Waals surface area contributed by atoms with Crippen molar-refractivity contribution < 1.29 is 17.4 Å². The fraction of sp³-hybridized carbons (Fsp3) is 0.421. The molecule has 1 atom stereocenters. The second-order valence-corrected chi connectivity index (χ2v) is 9.03. The molecule has 0 aliphatic heterocycles. The van der Waals surface area contributed by atoms with E-state index in [2.05, 4.69) is 15.3 Å². The third-order valence-corrected chi connectivity index (χ3v) is 6.58. The average molecular weight is 449 g/mol. The number of nitrogens with one attached hydrogen (secondary N) is 1. The molecule has 2 radical (unpaired) electrons. The normalized spacial score (nSPS) is 15.4. The molecule has 0 aromatic carbocycles. The maximum atomic E-state index is 13.7. The smallest absolute Gasteiger partial charge is 0.374 e. The van der Waals surface area contributed by atoms with Crippen LogP contribution in [0.5, 0.6) is 0 Å². The van der Waals surface area contributed by atoms with Gasteiger partial charge in [0.1, 0.15) is 30.6 Å². The number of hydrogen-bond acceptors (Lipinski definition) is 5. The number of hydrogen-bond donors (Lipinski definition) is 1. The quantitative estimate of drug-likeness (QED) is 0.604. The van der Waals surface area contributed by atoms with Crippen LogP contribution in [-0.4, -0.2) is 44.0 Å². The molecule has 1 aliphatic rings. The van der Waals surface area contributed by atoms with Crippen molar-refractivity contribution in [2.45, 2.75) is 36.9 Å². The molecule has 0 spiro atoms. The van der Waals surface area contributed by atoms with Gasteiger partial charge in [-0.15, -0.1) is 0 Å². The van der Waals surface area contributed by atoms with Crippen LogP contribution in [0.25, 0.3) is 22.6 Å². The van der Waals surface area contributed by atoms with Crippen LogP contribution in [0.15, 0.2) is 21.8 Å². The van der Waals surface area contributed by atoms with Crippen molar-refractivity contribution in [3.8, 4) is 11.5 Å². The lowest BCUT2D eigenvalue weighted by molar-refractivity contribution is -0.144. The van der Waals surface area contributed by atoms with Gasteiger partial charge < -0.3 is 9.88 Å². The third kappa shape index (κ3) is 3.56. The maximum Gasteiger partial charge on any atom is 0.431 e. The molecule has 3 aromatic rings. The van der Waals surface area contributed by atoms with Crippen LogP contribution in [0.2, 0.25) is 0 Å². The number of anilines is 1. The molecule has 1 N–H and O–H groups in total. The Bertz CT molecular complexity index is 1280. The minimum absolute atomic E-state index is 0.0350. The number of rotatable bonds is 5. The molecule has 12 heteroatoms. The predicted octanol–water partition coefficient (Wildman–Crippen LogP) is 2.11. The van der Waals surface area contributed by atoms with Crippen molar-refractivity contribution in [3.63, 3.8) is 0 Å². The summed E-state index contributed by atoms with van der Waals surface area (Å²) in [4.78, 5) is 22.1. The minimum Gasteiger partial charge on any atom is -0.374 e. The Hall–Kier alpha value is -2.63. The summed E-state index contributed by atoms with van der Waals surface area (Å²) in [6.07, 6.45) is -3.66. The van der Waals surface area contributed by atoms with Crippen molar-refractivity contribution in [1.82, 2.24) is 19.1 Å². The highest BCUT2D eigenvalue weighted by atomic mass is 32.2. The van der Waals surface area contributed by atoms with Gasteiger partial charge in [-0.2, -0.15) is 13.2 Å². The van der Waals surface area contributed by atoms with E-state index in [9.17, 15) is 22.2 Å². The lowest BCUT2D eigenvalue weighted by Crippen LogP contribution is -2.28. The number of fused-ring (bicyclic) bond motifs is 1. The van der Waals surface area contributed by atoms with Crippen molar-refractivity contribution >= 4 is 41.0 Å². The molecule has 4 rings (SSSR count). The van der Waals surface area contributed by atoms with Gasteiger partial charge in [-0.25, -0.2) is 9.97 Å². The van der Waals surface area contributed by atoms with Crippen LogP contribution < -0.4 is 16.3 Å². The second-order valence-electron chi connectivity index (χ2n) is 7.32. The van der Waals surface area contributed by atoms with Gasteiger partial charge in [0.25, 0.3) is 5.56 Å². The summed E-state index contributed by atoms with van der Waals surface area (Å²) in [5, 5.41) is 2.83. The molecule has 162 valence electrons. The average Bonchev–Trinajstić information content (AvgIpc) is 3.49. The summed E-state index contributed by atoms with van der Waals surface area (Å²) in [6, 6.07) is 1.93. The van der Waals surface area contributed by atoms with Gasteiger partial charge in [-0.1, -0.05) is 12.4 Å². The van der Waals surface area contributed by atoms with Gasteiger partial charge in [-0.05, 0) is 25.0 Å². The summed E-state index contributed by atoms with van der Waals surface area (Å²) >= 11 is 0. The molecule has 0 amide bonds. The van der Waals surface area contributed by atoms with E-state index in [1.807, 2.05) is 0 Å². The molecule has 0 saturated heterocycles. The molecule has 3 aromatic heterocycles. The molecular weight excluding hydrogens is 430 g/mol. The first-order valence-electron chi connectivity index (χ1n) is 9.64. The monoisotopic (exact) mass is 449 g/mol. The van der Waals surface area contributed by atoms with Gasteiger partial charge in [0, 0.05) is 25.9 Å². The van der Waals surface area contributed by atoms with Crippen molar-refractivity contribution in [2.75, 3.05) is 18.1 Å².